The van der Waals surface area contributed by atoms with E-state index in [0.717, 1.165) is 18.0 Å². The molecule has 2 atom stereocenters. The van der Waals surface area contributed by atoms with Crippen LogP contribution in [0.25, 0.3) is 0 Å². The van der Waals surface area contributed by atoms with E-state index in [4.69, 9.17) is 11.6 Å². The highest BCUT2D eigenvalue weighted by molar-refractivity contribution is 6.21. The quantitative estimate of drug-likeness (QED) is 0.767. The number of hydrogen-bond donors (Lipinski definition) is 0. The zero-order valence-corrected chi connectivity index (χ0v) is 12.3. The van der Waals surface area contributed by atoms with E-state index < -0.39 is 0 Å². The van der Waals surface area contributed by atoms with Gasteiger partial charge in [-0.2, -0.15) is 0 Å². The first-order valence-electron chi connectivity index (χ1n) is 7.11. The van der Waals surface area contributed by atoms with Gasteiger partial charge in [-0.3, -0.25) is 4.79 Å². The molecule has 102 valence electrons. The van der Waals surface area contributed by atoms with Crippen molar-refractivity contribution >= 4 is 23.2 Å². The van der Waals surface area contributed by atoms with Crippen molar-refractivity contribution in [2.75, 3.05) is 11.9 Å². The smallest absolute Gasteiger partial charge is 0.227 e. The molecule has 1 fully saturated rings. The molecule has 0 radical (unpaired) electrons. The Labute approximate surface area is 119 Å². The van der Waals surface area contributed by atoms with Gasteiger partial charge in [-0.15, -0.1) is 11.6 Å². The van der Waals surface area contributed by atoms with E-state index in [1.807, 2.05) is 7.05 Å². The third-order valence-electron chi connectivity index (χ3n) is 4.59. The SMILES string of the molecule is CC(C1CC1)C(Cl)c1ccc2c(c1)CCC(=O)N2C. The second-order valence-electron chi connectivity index (χ2n) is 5.94. The molecule has 0 N–H and O–H groups in total. The van der Waals surface area contributed by atoms with Crippen LogP contribution in [0, 0.1) is 11.8 Å². The van der Waals surface area contributed by atoms with Crippen molar-refractivity contribution in [1.29, 1.82) is 0 Å². The highest BCUT2D eigenvalue weighted by Gasteiger charge is 2.33. The number of fused-ring (bicyclic) bond motifs is 1. The molecule has 1 heterocycles. The number of amides is 1. The summed E-state index contributed by atoms with van der Waals surface area (Å²) in [6.07, 6.45) is 4.10. The van der Waals surface area contributed by atoms with E-state index in [1.165, 1.54) is 24.0 Å². The Bertz CT molecular complexity index is 509. The van der Waals surface area contributed by atoms with Crippen molar-refractivity contribution < 1.29 is 4.79 Å². The average Bonchev–Trinajstić information content (AvgIpc) is 3.25. The summed E-state index contributed by atoms with van der Waals surface area (Å²) in [4.78, 5) is 13.4. The van der Waals surface area contributed by atoms with Crippen molar-refractivity contribution in [3.05, 3.63) is 29.3 Å². The first-order valence-corrected chi connectivity index (χ1v) is 7.55. The molecule has 1 aromatic carbocycles. The Hall–Kier alpha value is -1.02. The fourth-order valence-electron chi connectivity index (χ4n) is 3.01. The molecular formula is C16H20ClNO. The van der Waals surface area contributed by atoms with Crippen LogP contribution in [0.2, 0.25) is 0 Å². The van der Waals surface area contributed by atoms with Crippen LogP contribution in [0.1, 0.15) is 42.7 Å². The summed E-state index contributed by atoms with van der Waals surface area (Å²) in [5, 5.41) is 0.0979. The average molecular weight is 278 g/mol. The molecule has 0 saturated heterocycles. The lowest BCUT2D eigenvalue weighted by atomic mass is 9.92. The standard InChI is InChI=1S/C16H20ClNO/c1-10(11-3-4-11)16(17)13-5-7-14-12(9-13)6-8-15(19)18(14)2/h5,7,9-11,16H,3-4,6,8H2,1-2H3. The van der Waals surface area contributed by atoms with E-state index in [2.05, 4.69) is 25.1 Å². The summed E-state index contributed by atoms with van der Waals surface area (Å²) in [5.41, 5.74) is 3.51. The van der Waals surface area contributed by atoms with Gasteiger partial charge in [0.05, 0.1) is 5.38 Å². The lowest BCUT2D eigenvalue weighted by Crippen LogP contribution is -2.31. The fourth-order valence-corrected chi connectivity index (χ4v) is 3.35. The van der Waals surface area contributed by atoms with Crippen molar-refractivity contribution in [3.8, 4) is 0 Å². The number of carbonyl (C=O) groups is 1. The number of benzene rings is 1. The lowest BCUT2D eigenvalue weighted by molar-refractivity contribution is -0.118. The molecule has 0 bridgehead atoms. The minimum atomic E-state index is 0.0979. The highest BCUT2D eigenvalue weighted by Crippen LogP contribution is 2.46. The first-order chi connectivity index (χ1) is 9.08. The monoisotopic (exact) mass is 277 g/mol. The van der Waals surface area contributed by atoms with Gasteiger partial charge in [0, 0.05) is 19.2 Å². The van der Waals surface area contributed by atoms with E-state index >= 15 is 0 Å². The number of alkyl halides is 1. The van der Waals surface area contributed by atoms with Gasteiger partial charge in [0.2, 0.25) is 5.91 Å². The molecule has 1 aliphatic carbocycles. The third kappa shape index (κ3) is 2.38. The molecule has 2 aliphatic rings. The summed E-state index contributed by atoms with van der Waals surface area (Å²) in [5.74, 6) is 1.56. The largest absolute Gasteiger partial charge is 0.315 e. The van der Waals surface area contributed by atoms with E-state index in [0.29, 0.717) is 12.3 Å². The number of carbonyl (C=O) groups excluding carboxylic acids is 1. The van der Waals surface area contributed by atoms with Crippen molar-refractivity contribution in [1.82, 2.24) is 0 Å². The molecule has 3 heteroatoms. The van der Waals surface area contributed by atoms with Gasteiger partial charge in [0.25, 0.3) is 0 Å². The number of halogens is 1. The Morgan fingerprint density at radius 3 is 2.74 bits per heavy atom. The number of rotatable bonds is 3. The second kappa shape index (κ2) is 4.82. The summed E-state index contributed by atoms with van der Waals surface area (Å²) in [6, 6.07) is 6.34. The molecule has 1 aliphatic heterocycles. The molecule has 0 spiro atoms. The van der Waals surface area contributed by atoms with Crippen LogP contribution < -0.4 is 4.90 Å². The van der Waals surface area contributed by atoms with E-state index in [9.17, 15) is 4.79 Å². The molecule has 1 saturated carbocycles. The van der Waals surface area contributed by atoms with Gasteiger partial charge >= 0.3 is 0 Å². The van der Waals surface area contributed by atoms with Crippen LogP contribution in [0.15, 0.2) is 18.2 Å². The van der Waals surface area contributed by atoms with Crippen molar-refractivity contribution in [2.24, 2.45) is 11.8 Å². The Kier molecular flexibility index (Phi) is 3.30. The molecule has 19 heavy (non-hydrogen) atoms. The first kappa shape index (κ1) is 13.0. The molecule has 2 unspecified atom stereocenters. The van der Waals surface area contributed by atoms with Crippen LogP contribution in [0.4, 0.5) is 5.69 Å². The summed E-state index contributed by atoms with van der Waals surface area (Å²) in [6.45, 7) is 2.25. The summed E-state index contributed by atoms with van der Waals surface area (Å²) < 4.78 is 0. The minimum absolute atomic E-state index is 0.0979. The minimum Gasteiger partial charge on any atom is -0.315 e. The number of nitrogens with zero attached hydrogens (tertiary/aromatic N) is 1. The maximum atomic E-state index is 11.7. The predicted molar refractivity (Wildman–Crippen MR) is 78.7 cm³/mol. The van der Waals surface area contributed by atoms with Gasteiger partial charge in [0.15, 0.2) is 0 Å². The van der Waals surface area contributed by atoms with Gasteiger partial charge < -0.3 is 4.90 Å². The zero-order valence-electron chi connectivity index (χ0n) is 11.5. The van der Waals surface area contributed by atoms with Crippen LogP contribution in [0.3, 0.4) is 0 Å². The highest BCUT2D eigenvalue weighted by atomic mass is 35.5. The van der Waals surface area contributed by atoms with Gasteiger partial charge in [-0.1, -0.05) is 19.1 Å². The number of hydrogen-bond acceptors (Lipinski definition) is 1. The Morgan fingerprint density at radius 2 is 2.05 bits per heavy atom. The molecular weight excluding hydrogens is 258 g/mol. The van der Waals surface area contributed by atoms with Gasteiger partial charge in [0.1, 0.15) is 0 Å². The van der Waals surface area contributed by atoms with Crippen LogP contribution >= 0.6 is 11.6 Å². The van der Waals surface area contributed by atoms with E-state index in [1.54, 1.807) is 4.90 Å². The predicted octanol–water partition coefficient (Wildman–Crippen LogP) is 3.92. The number of anilines is 1. The van der Waals surface area contributed by atoms with Crippen LogP contribution in [0.5, 0.6) is 0 Å². The van der Waals surface area contributed by atoms with Crippen molar-refractivity contribution in [3.63, 3.8) is 0 Å². The fraction of sp³-hybridized carbons (Fsp3) is 0.562. The second-order valence-corrected chi connectivity index (χ2v) is 6.41. The maximum Gasteiger partial charge on any atom is 0.227 e. The normalized spacial score (nSPS) is 22.1. The molecule has 3 rings (SSSR count). The third-order valence-corrected chi connectivity index (χ3v) is 5.24. The topological polar surface area (TPSA) is 20.3 Å². The maximum absolute atomic E-state index is 11.7. The van der Waals surface area contributed by atoms with Gasteiger partial charge in [-0.25, -0.2) is 0 Å². The lowest BCUT2D eigenvalue weighted by Gasteiger charge is -2.27. The zero-order chi connectivity index (χ0) is 13.6. The molecule has 2 nitrogen and oxygen atoms in total. The van der Waals surface area contributed by atoms with Crippen molar-refractivity contribution in [2.45, 2.75) is 38.0 Å². The number of aryl methyl sites for hydroxylation is 1. The molecule has 1 amide bonds. The summed E-state index contributed by atoms with van der Waals surface area (Å²) >= 11 is 6.62. The van der Waals surface area contributed by atoms with Crippen LogP contribution in [-0.2, 0) is 11.2 Å². The molecule has 0 aromatic heterocycles. The molecule has 1 aromatic rings. The van der Waals surface area contributed by atoms with E-state index in [-0.39, 0.29) is 11.3 Å². The summed E-state index contributed by atoms with van der Waals surface area (Å²) in [7, 11) is 1.85. The van der Waals surface area contributed by atoms with Gasteiger partial charge in [-0.05, 0) is 48.3 Å². The Morgan fingerprint density at radius 1 is 1.32 bits per heavy atom. The van der Waals surface area contributed by atoms with Crippen LogP contribution in [-0.4, -0.2) is 13.0 Å². The Balaban J connectivity index is 1.86.